The molecule has 0 aliphatic rings. The predicted octanol–water partition coefficient (Wildman–Crippen LogP) is 3.17. The van der Waals surface area contributed by atoms with E-state index in [0.717, 1.165) is 28.1 Å². The monoisotopic (exact) mass is 401 g/mol. The summed E-state index contributed by atoms with van der Waals surface area (Å²) >= 11 is 4.28. The Bertz CT molecular complexity index is 1120. The summed E-state index contributed by atoms with van der Waals surface area (Å²) in [7, 11) is 0. The SMILES string of the molecule is C#CCCn1nc(CS)nc1Cc1ccc(-c2ccccc2-c2nn[nH]n2)cc1. The van der Waals surface area contributed by atoms with E-state index < -0.39 is 0 Å². The van der Waals surface area contributed by atoms with E-state index in [0.29, 0.717) is 36.8 Å². The van der Waals surface area contributed by atoms with Gasteiger partial charge in [0.15, 0.2) is 5.82 Å². The van der Waals surface area contributed by atoms with Crippen molar-refractivity contribution < 1.29 is 0 Å². The molecule has 0 fully saturated rings. The Morgan fingerprint density at radius 2 is 1.86 bits per heavy atom. The summed E-state index contributed by atoms with van der Waals surface area (Å²) in [5.74, 6) is 5.34. The third-order valence-corrected chi connectivity index (χ3v) is 4.82. The first kappa shape index (κ1) is 18.9. The maximum atomic E-state index is 5.40. The Hall–Kier alpha value is -3.44. The number of rotatable bonds is 7. The van der Waals surface area contributed by atoms with E-state index in [1.54, 1.807) is 0 Å². The molecule has 2 aromatic carbocycles. The number of hydrogen-bond acceptors (Lipinski definition) is 6. The Morgan fingerprint density at radius 3 is 2.55 bits per heavy atom. The molecule has 0 amide bonds. The second-order valence-electron chi connectivity index (χ2n) is 6.43. The van der Waals surface area contributed by atoms with Crippen LogP contribution in [0.3, 0.4) is 0 Å². The first-order valence-electron chi connectivity index (χ1n) is 9.17. The molecule has 0 saturated carbocycles. The highest BCUT2D eigenvalue weighted by atomic mass is 32.1. The zero-order chi connectivity index (χ0) is 20.1. The predicted molar refractivity (Wildman–Crippen MR) is 114 cm³/mol. The number of thiol groups is 1. The summed E-state index contributed by atoms with van der Waals surface area (Å²) < 4.78 is 1.88. The van der Waals surface area contributed by atoms with Gasteiger partial charge in [-0.05, 0) is 21.9 Å². The number of nitrogens with zero attached hydrogens (tertiary/aromatic N) is 6. The van der Waals surface area contributed by atoms with E-state index in [4.69, 9.17) is 6.42 Å². The molecule has 4 aromatic rings. The molecule has 8 heteroatoms. The van der Waals surface area contributed by atoms with Crippen molar-refractivity contribution in [3.05, 3.63) is 65.7 Å². The molecule has 0 unspecified atom stereocenters. The van der Waals surface area contributed by atoms with Crippen molar-refractivity contribution >= 4 is 12.6 Å². The maximum Gasteiger partial charge on any atom is 0.205 e. The molecule has 2 heterocycles. The summed E-state index contributed by atoms with van der Waals surface area (Å²) in [5.41, 5.74) is 4.21. The van der Waals surface area contributed by atoms with Gasteiger partial charge in [0.2, 0.25) is 5.82 Å². The lowest BCUT2D eigenvalue weighted by molar-refractivity contribution is 0.596. The van der Waals surface area contributed by atoms with Crippen LogP contribution in [0.1, 0.15) is 23.6 Å². The third-order valence-electron chi connectivity index (χ3n) is 4.54. The Morgan fingerprint density at radius 1 is 1.07 bits per heavy atom. The van der Waals surface area contributed by atoms with Gasteiger partial charge in [0.05, 0.1) is 12.3 Å². The topological polar surface area (TPSA) is 85.2 Å². The molecule has 4 rings (SSSR count). The lowest BCUT2D eigenvalue weighted by Crippen LogP contribution is -2.06. The van der Waals surface area contributed by atoms with Crippen LogP contribution in [0.15, 0.2) is 48.5 Å². The molecule has 1 N–H and O–H groups in total. The van der Waals surface area contributed by atoms with E-state index in [1.165, 1.54) is 0 Å². The van der Waals surface area contributed by atoms with E-state index >= 15 is 0 Å². The highest BCUT2D eigenvalue weighted by Gasteiger charge is 2.12. The quantitative estimate of drug-likeness (QED) is 0.367. The number of nitrogens with one attached hydrogen (secondary N) is 1. The standard InChI is InChI=1S/C21H19N7S/c1-2-3-12-28-20(22-19(14-29)25-28)13-15-8-10-16(11-9-15)17-6-4-5-7-18(17)21-23-26-27-24-21/h1,4-11,29H,3,12-14H2,(H,23,24,26,27). The number of hydrogen-bond donors (Lipinski definition) is 2. The van der Waals surface area contributed by atoms with Crippen molar-refractivity contribution in [2.75, 3.05) is 0 Å². The van der Waals surface area contributed by atoms with Gasteiger partial charge in [-0.1, -0.05) is 48.5 Å². The fourth-order valence-corrected chi connectivity index (χ4v) is 3.30. The molecule has 0 spiro atoms. The molecule has 0 aliphatic heterocycles. The van der Waals surface area contributed by atoms with Gasteiger partial charge < -0.3 is 0 Å². The average Bonchev–Trinajstić information content (AvgIpc) is 3.43. The molecular weight excluding hydrogens is 382 g/mol. The molecular formula is C21H19N7S. The molecule has 144 valence electrons. The summed E-state index contributed by atoms with van der Waals surface area (Å²) in [5, 5.41) is 18.9. The smallest absolute Gasteiger partial charge is 0.205 e. The largest absolute Gasteiger partial charge is 0.248 e. The second kappa shape index (κ2) is 8.71. The van der Waals surface area contributed by atoms with Crippen molar-refractivity contribution in [2.24, 2.45) is 0 Å². The average molecular weight is 401 g/mol. The zero-order valence-corrected chi connectivity index (χ0v) is 16.5. The molecule has 7 nitrogen and oxygen atoms in total. The van der Waals surface area contributed by atoms with Gasteiger partial charge in [-0.15, -0.1) is 22.5 Å². The van der Waals surface area contributed by atoms with Gasteiger partial charge in [-0.3, -0.25) is 0 Å². The molecule has 0 atom stereocenters. The number of tetrazole rings is 1. The van der Waals surface area contributed by atoms with E-state index in [9.17, 15) is 0 Å². The van der Waals surface area contributed by atoms with Crippen molar-refractivity contribution in [3.8, 4) is 34.9 Å². The van der Waals surface area contributed by atoms with Crippen molar-refractivity contribution in [1.29, 1.82) is 0 Å². The van der Waals surface area contributed by atoms with Crippen molar-refractivity contribution in [2.45, 2.75) is 25.1 Å². The van der Waals surface area contributed by atoms with Gasteiger partial charge in [0.25, 0.3) is 0 Å². The second-order valence-corrected chi connectivity index (χ2v) is 6.75. The summed E-state index contributed by atoms with van der Waals surface area (Å²) in [6.45, 7) is 0.656. The van der Waals surface area contributed by atoms with Gasteiger partial charge >= 0.3 is 0 Å². The van der Waals surface area contributed by atoms with Crippen LogP contribution >= 0.6 is 12.6 Å². The van der Waals surface area contributed by atoms with Crippen LogP contribution in [0.2, 0.25) is 0 Å². The number of aromatic nitrogens is 7. The van der Waals surface area contributed by atoms with Gasteiger partial charge in [-0.2, -0.15) is 22.9 Å². The highest BCUT2D eigenvalue weighted by Crippen LogP contribution is 2.29. The Labute approximate surface area is 174 Å². The minimum atomic E-state index is 0.502. The molecule has 0 radical (unpaired) electrons. The van der Waals surface area contributed by atoms with Crippen LogP contribution in [0.25, 0.3) is 22.5 Å². The fraction of sp³-hybridized carbons (Fsp3) is 0.190. The number of terminal acetylenes is 1. The van der Waals surface area contributed by atoms with Crippen LogP contribution in [0.5, 0.6) is 0 Å². The van der Waals surface area contributed by atoms with E-state index in [-0.39, 0.29) is 0 Å². The minimum absolute atomic E-state index is 0.502. The Kier molecular flexibility index (Phi) is 5.68. The van der Waals surface area contributed by atoms with Crippen molar-refractivity contribution in [3.63, 3.8) is 0 Å². The summed E-state index contributed by atoms with van der Waals surface area (Å²) in [6.07, 6.45) is 6.69. The van der Waals surface area contributed by atoms with Crippen LogP contribution in [0, 0.1) is 12.3 Å². The number of aromatic amines is 1. The van der Waals surface area contributed by atoms with Crippen molar-refractivity contribution in [1.82, 2.24) is 35.4 Å². The van der Waals surface area contributed by atoms with Crippen LogP contribution in [-0.4, -0.2) is 35.4 Å². The lowest BCUT2D eigenvalue weighted by Gasteiger charge is -2.08. The third kappa shape index (κ3) is 4.20. The number of aryl methyl sites for hydroxylation is 1. The first-order chi connectivity index (χ1) is 14.3. The number of H-pyrrole nitrogens is 1. The normalized spacial score (nSPS) is 10.8. The van der Waals surface area contributed by atoms with Gasteiger partial charge in [0, 0.05) is 18.4 Å². The molecule has 29 heavy (non-hydrogen) atoms. The van der Waals surface area contributed by atoms with Gasteiger partial charge in [0.1, 0.15) is 5.82 Å². The van der Waals surface area contributed by atoms with E-state index in [1.807, 2.05) is 22.9 Å². The molecule has 0 aliphatic carbocycles. The first-order valence-corrected chi connectivity index (χ1v) is 9.81. The maximum absolute atomic E-state index is 5.40. The van der Waals surface area contributed by atoms with Gasteiger partial charge in [-0.25, -0.2) is 9.67 Å². The van der Waals surface area contributed by atoms with Crippen LogP contribution in [-0.2, 0) is 18.7 Å². The molecule has 0 saturated heterocycles. The molecule has 0 bridgehead atoms. The molecule has 2 aromatic heterocycles. The lowest BCUT2D eigenvalue weighted by atomic mass is 9.98. The highest BCUT2D eigenvalue weighted by molar-refractivity contribution is 7.79. The minimum Gasteiger partial charge on any atom is -0.248 e. The summed E-state index contributed by atoms with van der Waals surface area (Å²) in [6, 6.07) is 16.4. The Balaban J connectivity index is 1.59. The van der Waals surface area contributed by atoms with Crippen LogP contribution in [0.4, 0.5) is 0 Å². The zero-order valence-electron chi connectivity index (χ0n) is 15.7. The van der Waals surface area contributed by atoms with Crippen LogP contribution < -0.4 is 0 Å². The van der Waals surface area contributed by atoms with E-state index in [2.05, 4.69) is 79.6 Å². The number of benzene rings is 2. The summed E-state index contributed by atoms with van der Waals surface area (Å²) in [4.78, 5) is 4.59. The fourth-order valence-electron chi connectivity index (χ4n) is 3.16.